The molecule has 2 N–H and O–H groups in total. The zero-order valence-electron chi connectivity index (χ0n) is 8.26. The molecule has 1 aliphatic heterocycles. The van der Waals surface area contributed by atoms with Crippen molar-refractivity contribution in [2.75, 3.05) is 24.5 Å². The molecule has 14 heavy (non-hydrogen) atoms. The first-order valence-electron chi connectivity index (χ1n) is 5.11. The van der Waals surface area contributed by atoms with Crippen LogP contribution < -0.4 is 10.6 Å². The van der Waals surface area contributed by atoms with E-state index >= 15 is 0 Å². The largest absolute Gasteiger partial charge is 0.356 e. The molecular formula is C10H16N4. The number of anilines is 1. The number of aromatic nitrogens is 2. The van der Waals surface area contributed by atoms with Crippen LogP contribution in [-0.4, -0.2) is 29.6 Å². The molecule has 4 heteroatoms. The molecule has 1 fully saturated rings. The molecule has 1 saturated heterocycles. The van der Waals surface area contributed by atoms with Gasteiger partial charge in [0.1, 0.15) is 12.1 Å². The van der Waals surface area contributed by atoms with Gasteiger partial charge < -0.3 is 10.6 Å². The van der Waals surface area contributed by atoms with Crippen LogP contribution in [0.5, 0.6) is 0 Å². The van der Waals surface area contributed by atoms with E-state index in [2.05, 4.69) is 14.9 Å². The predicted octanol–water partition coefficient (Wildman–Crippen LogP) is 0.652. The van der Waals surface area contributed by atoms with Gasteiger partial charge in [-0.1, -0.05) is 0 Å². The lowest BCUT2D eigenvalue weighted by Crippen LogP contribution is -2.21. The normalized spacial score (nSPS) is 21.5. The highest BCUT2D eigenvalue weighted by Gasteiger charge is 2.22. The Morgan fingerprint density at radius 1 is 1.57 bits per heavy atom. The molecule has 0 spiro atoms. The van der Waals surface area contributed by atoms with Crippen LogP contribution in [0.4, 0.5) is 5.82 Å². The van der Waals surface area contributed by atoms with Gasteiger partial charge in [-0.3, -0.25) is 0 Å². The third-order valence-electron chi connectivity index (χ3n) is 2.75. The van der Waals surface area contributed by atoms with Crippen molar-refractivity contribution in [2.45, 2.75) is 12.8 Å². The fourth-order valence-corrected chi connectivity index (χ4v) is 1.98. The van der Waals surface area contributed by atoms with Crippen LogP contribution in [0, 0.1) is 5.92 Å². The molecule has 76 valence electrons. The summed E-state index contributed by atoms with van der Waals surface area (Å²) in [4.78, 5) is 10.5. The van der Waals surface area contributed by atoms with Crippen LogP contribution >= 0.6 is 0 Å². The van der Waals surface area contributed by atoms with Crippen molar-refractivity contribution >= 4 is 5.82 Å². The number of hydrogen-bond donors (Lipinski definition) is 1. The SMILES string of the molecule is NCCC1CCN(c2ccncn2)C1. The van der Waals surface area contributed by atoms with E-state index in [1.807, 2.05) is 6.07 Å². The van der Waals surface area contributed by atoms with Crippen LogP contribution in [0.25, 0.3) is 0 Å². The van der Waals surface area contributed by atoms with Gasteiger partial charge >= 0.3 is 0 Å². The average Bonchev–Trinajstić information content (AvgIpc) is 2.68. The van der Waals surface area contributed by atoms with Crippen molar-refractivity contribution in [3.05, 3.63) is 18.6 Å². The van der Waals surface area contributed by atoms with E-state index in [4.69, 9.17) is 5.73 Å². The Morgan fingerprint density at radius 2 is 2.50 bits per heavy atom. The van der Waals surface area contributed by atoms with Gasteiger partial charge in [-0.25, -0.2) is 9.97 Å². The van der Waals surface area contributed by atoms with Gasteiger partial charge in [0.15, 0.2) is 0 Å². The fourth-order valence-electron chi connectivity index (χ4n) is 1.98. The number of hydrogen-bond acceptors (Lipinski definition) is 4. The summed E-state index contributed by atoms with van der Waals surface area (Å²) >= 11 is 0. The van der Waals surface area contributed by atoms with Gasteiger partial charge in [-0.2, -0.15) is 0 Å². The maximum Gasteiger partial charge on any atom is 0.131 e. The second-order valence-corrected chi connectivity index (χ2v) is 3.75. The highest BCUT2D eigenvalue weighted by molar-refractivity contribution is 5.37. The lowest BCUT2D eigenvalue weighted by atomic mass is 10.1. The van der Waals surface area contributed by atoms with E-state index in [0.717, 1.165) is 37.8 Å². The molecule has 0 amide bonds. The Labute approximate surface area is 84.2 Å². The summed E-state index contributed by atoms with van der Waals surface area (Å²) in [6, 6.07) is 1.96. The van der Waals surface area contributed by atoms with Crippen LogP contribution in [-0.2, 0) is 0 Å². The monoisotopic (exact) mass is 192 g/mol. The minimum absolute atomic E-state index is 0.745. The van der Waals surface area contributed by atoms with Gasteiger partial charge in [0.25, 0.3) is 0 Å². The van der Waals surface area contributed by atoms with E-state index in [1.54, 1.807) is 12.5 Å². The zero-order valence-corrected chi connectivity index (χ0v) is 8.26. The van der Waals surface area contributed by atoms with E-state index in [9.17, 15) is 0 Å². The fraction of sp³-hybridized carbons (Fsp3) is 0.600. The second-order valence-electron chi connectivity index (χ2n) is 3.75. The third-order valence-corrected chi connectivity index (χ3v) is 2.75. The smallest absolute Gasteiger partial charge is 0.131 e. The number of nitrogens with two attached hydrogens (primary N) is 1. The van der Waals surface area contributed by atoms with Crippen molar-refractivity contribution in [2.24, 2.45) is 11.7 Å². The lowest BCUT2D eigenvalue weighted by Gasteiger charge is -2.16. The van der Waals surface area contributed by atoms with Gasteiger partial charge in [0.05, 0.1) is 0 Å². The molecule has 1 aromatic heterocycles. The molecule has 0 aromatic carbocycles. The molecule has 2 heterocycles. The molecule has 0 radical (unpaired) electrons. The van der Waals surface area contributed by atoms with Gasteiger partial charge in [0, 0.05) is 19.3 Å². The summed E-state index contributed by atoms with van der Waals surface area (Å²) < 4.78 is 0. The third kappa shape index (κ3) is 2.01. The van der Waals surface area contributed by atoms with E-state index < -0.39 is 0 Å². The van der Waals surface area contributed by atoms with Gasteiger partial charge in [-0.15, -0.1) is 0 Å². The van der Waals surface area contributed by atoms with E-state index in [0.29, 0.717) is 0 Å². The lowest BCUT2D eigenvalue weighted by molar-refractivity contribution is 0.546. The second kappa shape index (κ2) is 4.37. The predicted molar refractivity (Wildman–Crippen MR) is 56.0 cm³/mol. The molecule has 4 nitrogen and oxygen atoms in total. The highest BCUT2D eigenvalue weighted by atomic mass is 15.2. The summed E-state index contributed by atoms with van der Waals surface area (Å²) in [7, 11) is 0. The quantitative estimate of drug-likeness (QED) is 0.764. The summed E-state index contributed by atoms with van der Waals surface area (Å²) in [6.45, 7) is 2.98. The summed E-state index contributed by atoms with van der Waals surface area (Å²) in [5.41, 5.74) is 5.55. The first-order valence-corrected chi connectivity index (χ1v) is 5.11. The first-order chi connectivity index (χ1) is 6.90. The topological polar surface area (TPSA) is 55.0 Å². The Kier molecular flexibility index (Phi) is 2.93. The molecule has 1 atom stereocenters. The number of rotatable bonds is 3. The minimum Gasteiger partial charge on any atom is -0.356 e. The molecule has 2 rings (SSSR count). The molecule has 0 saturated carbocycles. The van der Waals surface area contributed by atoms with Crippen molar-refractivity contribution in [1.82, 2.24) is 9.97 Å². The minimum atomic E-state index is 0.745. The van der Waals surface area contributed by atoms with Crippen LogP contribution in [0.15, 0.2) is 18.6 Å². The maximum atomic E-state index is 5.55. The van der Waals surface area contributed by atoms with Crippen LogP contribution in [0.2, 0.25) is 0 Å². The van der Waals surface area contributed by atoms with Crippen molar-refractivity contribution in [1.29, 1.82) is 0 Å². The Balaban J connectivity index is 1.96. The maximum absolute atomic E-state index is 5.55. The molecule has 0 bridgehead atoms. The molecular weight excluding hydrogens is 176 g/mol. The molecule has 1 unspecified atom stereocenters. The highest BCUT2D eigenvalue weighted by Crippen LogP contribution is 2.22. The molecule has 0 aliphatic carbocycles. The van der Waals surface area contributed by atoms with Crippen LogP contribution in [0.1, 0.15) is 12.8 Å². The molecule has 1 aromatic rings. The Hall–Kier alpha value is -1.16. The standard InChI is InChI=1S/C10H16N4/c11-4-1-9-3-6-14(7-9)10-2-5-12-8-13-10/h2,5,8-9H,1,3-4,6-7,11H2. The molecule has 1 aliphatic rings. The van der Waals surface area contributed by atoms with Crippen LogP contribution in [0.3, 0.4) is 0 Å². The number of nitrogens with zero attached hydrogens (tertiary/aromatic N) is 3. The summed E-state index contributed by atoms with van der Waals surface area (Å²) in [5, 5.41) is 0. The van der Waals surface area contributed by atoms with Crippen molar-refractivity contribution in [3.8, 4) is 0 Å². The Bertz CT molecular complexity index is 275. The van der Waals surface area contributed by atoms with E-state index in [-0.39, 0.29) is 0 Å². The van der Waals surface area contributed by atoms with Crippen molar-refractivity contribution in [3.63, 3.8) is 0 Å². The van der Waals surface area contributed by atoms with Gasteiger partial charge in [0.2, 0.25) is 0 Å². The zero-order chi connectivity index (χ0) is 9.80. The average molecular weight is 192 g/mol. The van der Waals surface area contributed by atoms with Crippen molar-refractivity contribution < 1.29 is 0 Å². The van der Waals surface area contributed by atoms with Gasteiger partial charge in [-0.05, 0) is 31.4 Å². The first kappa shape index (κ1) is 9.40. The summed E-state index contributed by atoms with van der Waals surface area (Å²) in [5.74, 6) is 1.79. The summed E-state index contributed by atoms with van der Waals surface area (Å²) in [6.07, 6.45) is 5.76. The van der Waals surface area contributed by atoms with E-state index in [1.165, 1.54) is 6.42 Å². The Morgan fingerprint density at radius 3 is 3.21 bits per heavy atom.